The van der Waals surface area contributed by atoms with E-state index < -0.39 is 6.17 Å². The molecule has 1 aromatic carbocycles. The molecule has 0 bridgehead atoms. The summed E-state index contributed by atoms with van der Waals surface area (Å²) in [5, 5.41) is 17.7. The van der Waals surface area contributed by atoms with Crippen LogP contribution in [0.25, 0.3) is 10.2 Å². The zero-order valence-corrected chi connectivity index (χ0v) is 14.5. The van der Waals surface area contributed by atoms with Crippen molar-refractivity contribution in [3.8, 4) is 5.75 Å². The van der Waals surface area contributed by atoms with Crippen molar-refractivity contribution in [3.05, 3.63) is 51.0 Å². The monoisotopic (exact) mass is 359 g/mol. The number of benzene rings is 1. The number of rotatable bonds is 1. The van der Waals surface area contributed by atoms with Crippen LogP contribution >= 0.6 is 22.9 Å². The van der Waals surface area contributed by atoms with Gasteiger partial charge in [0.05, 0.1) is 5.69 Å². The summed E-state index contributed by atoms with van der Waals surface area (Å²) in [6.07, 6.45) is -0.554. The summed E-state index contributed by atoms with van der Waals surface area (Å²) in [7, 11) is 0. The zero-order chi connectivity index (χ0) is 17.0. The number of amides is 1. The predicted octanol–water partition coefficient (Wildman–Crippen LogP) is 4.13. The predicted molar refractivity (Wildman–Crippen MR) is 96.0 cm³/mol. The smallest absolute Gasteiger partial charge is 0.265 e. The number of hydrogen-bond donors (Lipinski definition) is 3. The second kappa shape index (κ2) is 5.36. The van der Waals surface area contributed by atoms with E-state index >= 15 is 0 Å². The number of phenolic OH excluding ortho intramolecular Hbond substituents is 1. The number of aromatic nitrogens is 1. The van der Waals surface area contributed by atoms with E-state index in [-0.39, 0.29) is 11.7 Å². The Bertz CT molecular complexity index is 999. The average Bonchev–Trinajstić information content (AvgIpc) is 2.88. The van der Waals surface area contributed by atoms with Gasteiger partial charge in [0.25, 0.3) is 5.91 Å². The first-order chi connectivity index (χ1) is 11.4. The Labute approximate surface area is 147 Å². The van der Waals surface area contributed by atoms with Crippen LogP contribution in [0.4, 0.5) is 5.69 Å². The number of carbonyl (C=O) groups excluding carboxylic acids is 1. The van der Waals surface area contributed by atoms with Crippen molar-refractivity contribution >= 4 is 44.7 Å². The summed E-state index contributed by atoms with van der Waals surface area (Å²) in [4.78, 5) is 18.5. The molecule has 7 heteroatoms. The Morgan fingerprint density at radius 1 is 1.25 bits per heavy atom. The fourth-order valence-corrected chi connectivity index (χ4v) is 4.37. The number of carbonyl (C=O) groups is 1. The minimum absolute atomic E-state index is 0.0749. The van der Waals surface area contributed by atoms with E-state index in [0.29, 0.717) is 15.5 Å². The van der Waals surface area contributed by atoms with Gasteiger partial charge in [-0.05, 0) is 43.7 Å². The highest BCUT2D eigenvalue weighted by atomic mass is 35.5. The van der Waals surface area contributed by atoms with Crippen molar-refractivity contribution in [2.75, 3.05) is 5.32 Å². The molecule has 0 aliphatic carbocycles. The molecule has 0 saturated heterocycles. The van der Waals surface area contributed by atoms with E-state index in [1.165, 1.54) is 17.4 Å². The van der Waals surface area contributed by atoms with Crippen LogP contribution in [0, 0.1) is 13.8 Å². The maximum atomic E-state index is 12.5. The van der Waals surface area contributed by atoms with Gasteiger partial charge >= 0.3 is 0 Å². The van der Waals surface area contributed by atoms with Gasteiger partial charge in [-0.25, -0.2) is 4.98 Å². The van der Waals surface area contributed by atoms with Gasteiger partial charge < -0.3 is 15.7 Å². The number of nitrogens with zero attached hydrogens (tertiary/aromatic N) is 1. The molecular formula is C17H14ClN3O2S. The second-order valence-electron chi connectivity index (χ2n) is 5.82. The van der Waals surface area contributed by atoms with Crippen molar-refractivity contribution in [3.63, 3.8) is 0 Å². The first-order valence-electron chi connectivity index (χ1n) is 7.40. The number of halogens is 1. The van der Waals surface area contributed by atoms with Crippen molar-refractivity contribution in [1.82, 2.24) is 10.3 Å². The Morgan fingerprint density at radius 2 is 2.04 bits per heavy atom. The van der Waals surface area contributed by atoms with Crippen LogP contribution in [0.2, 0.25) is 5.02 Å². The van der Waals surface area contributed by atoms with E-state index in [1.54, 1.807) is 12.1 Å². The largest absolute Gasteiger partial charge is 0.508 e. The molecule has 1 aliphatic rings. The highest BCUT2D eigenvalue weighted by Gasteiger charge is 2.31. The van der Waals surface area contributed by atoms with Gasteiger partial charge in [0.1, 0.15) is 21.6 Å². The number of nitrogens with one attached hydrogen (secondary N) is 2. The summed E-state index contributed by atoms with van der Waals surface area (Å²) < 4.78 is 0. The Balaban J connectivity index is 1.87. The maximum Gasteiger partial charge on any atom is 0.265 e. The molecule has 2 aromatic heterocycles. The van der Waals surface area contributed by atoms with Gasteiger partial charge in [-0.15, -0.1) is 11.3 Å². The van der Waals surface area contributed by atoms with Crippen molar-refractivity contribution in [1.29, 1.82) is 0 Å². The van der Waals surface area contributed by atoms with Gasteiger partial charge in [0, 0.05) is 21.7 Å². The molecule has 0 radical (unpaired) electrons. The summed E-state index contributed by atoms with van der Waals surface area (Å²) in [6.45, 7) is 3.94. The van der Waals surface area contributed by atoms with Gasteiger partial charge in [0.15, 0.2) is 0 Å². The third kappa shape index (κ3) is 2.30. The number of hydrogen-bond acceptors (Lipinski definition) is 5. The molecule has 3 aromatic rings. The van der Waals surface area contributed by atoms with Crippen LogP contribution in [-0.2, 0) is 0 Å². The number of aromatic hydroxyl groups is 1. The van der Waals surface area contributed by atoms with E-state index in [4.69, 9.17) is 11.6 Å². The van der Waals surface area contributed by atoms with Crippen LogP contribution in [0.5, 0.6) is 5.75 Å². The minimum atomic E-state index is -0.554. The van der Waals surface area contributed by atoms with Crippen molar-refractivity contribution < 1.29 is 9.90 Å². The number of thiophene rings is 1. The quantitative estimate of drug-likeness (QED) is 0.610. The summed E-state index contributed by atoms with van der Waals surface area (Å²) in [5.74, 6) is -0.112. The van der Waals surface area contributed by atoms with Gasteiger partial charge in [0.2, 0.25) is 0 Å². The van der Waals surface area contributed by atoms with Crippen LogP contribution in [0.3, 0.4) is 0 Å². The van der Waals surface area contributed by atoms with Gasteiger partial charge in [-0.3, -0.25) is 4.79 Å². The number of phenols is 1. The lowest BCUT2D eigenvalue weighted by atomic mass is 10.1. The Hall–Kier alpha value is -2.31. The van der Waals surface area contributed by atoms with E-state index in [9.17, 15) is 9.90 Å². The molecule has 0 unspecified atom stereocenters. The lowest BCUT2D eigenvalue weighted by molar-refractivity contribution is 0.0940. The SMILES string of the molecule is Cc1cc(C)c2c3c(sc2n1)C(=O)N[C@H](c1cc(Cl)ccc1O)N3. The Morgan fingerprint density at radius 3 is 2.83 bits per heavy atom. The van der Waals surface area contributed by atoms with Crippen LogP contribution in [-0.4, -0.2) is 16.0 Å². The highest BCUT2D eigenvalue weighted by Crippen LogP contribution is 2.42. The fourth-order valence-electron chi connectivity index (χ4n) is 3.03. The van der Waals surface area contributed by atoms with E-state index in [1.807, 2.05) is 19.9 Å². The number of fused-ring (bicyclic) bond motifs is 3. The van der Waals surface area contributed by atoms with Crippen molar-refractivity contribution in [2.45, 2.75) is 20.0 Å². The summed E-state index contributed by atoms with van der Waals surface area (Å²) in [6, 6.07) is 6.76. The third-order valence-electron chi connectivity index (χ3n) is 4.06. The standard InChI is InChI=1S/C17H14ClN3O2S/c1-7-5-8(2)19-17-12(7)13-14(24-17)16(23)21-15(20-13)10-6-9(18)3-4-11(10)22/h3-6,15,20,22H,1-2H3,(H,21,23)/t15-/m1/s1. The van der Waals surface area contributed by atoms with Crippen LogP contribution in [0.1, 0.15) is 32.7 Å². The average molecular weight is 360 g/mol. The lowest BCUT2D eigenvalue weighted by Gasteiger charge is -2.27. The van der Waals surface area contributed by atoms with E-state index in [0.717, 1.165) is 27.2 Å². The van der Waals surface area contributed by atoms with Crippen LogP contribution in [0.15, 0.2) is 24.3 Å². The molecule has 0 saturated carbocycles. The molecule has 5 nitrogen and oxygen atoms in total. The molecule has 0 fully saturated rings. The summed E-state index contributed by atoms with van der Waals surface area (Å²) >= 11 is 7.40. The Kier molecular flexibility index (Phi) is 3.40. The molecule has 3 N–H and O–H groups in total. The summed E-state index contributed by atoms with van der Waals surface area (Å²) in [5.41, 5.74) is 3.26. The van der Waals surface area contributed by atoms with Gasteiger partial charge in [-0.2, -0.15) is 0 Å². The first kappa shape index (κ1) is 15.2. The van der Waals surface area contributed by atoms with Gasteiger partial charge in [-0.1, -0.05) is 11.6 Å². The molecule has 1 atom stereocenters. The topological polar surface area (TPSA) is 74.2 Å². The molecule has 0 spiro atoms. The number of pyridine rings is 1. The van der Waals surface area contributed by atoms with Crippen molar-refractivity contribution in [2.24, 2.45) is 0 Å². The number of anilines is 1. The fraction of sp³-hybridized carbons (Fsp3) is 0.176. The molecule has 4 rings (SSSR count). The zero-order valence-electron chi connectivity index (χ0n) is 13.0. The maximum absolute atomic E-state index is 12.5. The molecule has 24 heavy (non-hydrogen) atoms. The third-order valence-corrected chi connectivity index (χ3v) is 5.38. The molecule has 1 aliphatic heterocycles. The minimum Gasteiger partial charge on any atom is -0.508 e. The first-order valence-corrected chi connectivity index (χ1v) is 8.60. The molecule has 122 valence electrons. The van der Waals surface area contributed by atoms with E-state index in [2.05, 4.69) is 15.6 Å². The van der Waals surface area contributed by atoms with Crippen LogP contribution < -0.4 is 10.6 Å². The molecule has 3 heterocycles. The lowest BCUT2D eigenvalue weighted by Crippen LogP contribution is -2.37. The molecule has 1 amide bonds. The highest BCUT2D eigenvalue weighted by molar-refractivity contribution is 7.21. The second-order valence-corrected chi connectivity index (χ2v) is 7.26. The molecular weight excluding hydrogens is 346 g/mol. The number of aryl methyl sites for hydroxylation is 2. The normalized spacial score (nSPS) is 16.6.